The molecule has 0 bridgehead atoms. The summed E-state index contributed by atoms with van der Waals surface area (Å²) < 4.78 is 0. The molecule has 2 atom stereocenters. The first kappa shape index (κ1) is 15.8. The number of carboxylic acids is 1. The predicted octanol–water partition coefficient (Wildman–Crippen LogP) is -0.584. The van der Waals surface area contributed by atoms with Crippen molar-refractivity contribution in [3.05, 3.63) is 0 Å². The zero-order valence-electron chi connectivity index (χ0n) is 10.1. The maximum atomic E-state index is 11.5. The first-order valence-corrected chi connectivity index (χ1v) is 5.42. The van der Waals surface area contributed by atoms with E-state index in [1.54, 1.807) is 0 Å². The van der Waals surface area contributed by atoms with Gasteiger partial charge in [-0.3, -0.25) is 4.79 Å². The van der Waals surface area contributed by atoms with Crippen LogP contribution in [0.1, 0.15) is 26.2 Å². The van der Waals surface area contributed by atoms with Crippen LogP contribution >= 0.6 is 0 Å². The van der Waals surface area contributed by atoms with E-state index in [4.69, 9.17) is 17.3 Å². The molecule has 7 nitrogen and oxygen atoms in total. The van der Waals surface area contributed by atoms with Crippen molar-refractivity contribution >= 4 is 17.9 Å². The Morgan fingerprint density at radius 1 is 1.39 bits per heavy atom. The molecule has 0 aliphatic carbocycles. The monoisotopic (exact) mass is 255 g/mol. The highest BCUT2D eigenvalue weighted by Crippen LogP contribution is 1.97. The van der Waals surface area contributed by atoms with Crippen molar-refractivity contribution in [3.8, 4) is 12.3 Å². The smallest absolute Gasteiger partial charge is 0.326 e. The number of carbonyl (C=O) groups excluding carboxylic acids is 2. The number of carbonyl (C=O) groups is 3. The maximum absolute atomic E-state index is 11.5. The summed E-state index contributed by atoms with van der Waals surface area (Å²) in [5, 5.41) is 13.5. The molecule has 1 unspecified atom stereocenters. The lowest BCUT2D eigenvalue weighted by Crippen LogP contribution is -2.50. The zero-order chi connectivity index (χ0) is 14.1. The average Bonchev–Trinajstić information content (AvgIpc) is 2.26. The van der Waals surface area contributed by atoms with E-state index >= 15 is 0 Å². The second-order valence-corrected chi connectivity index (χ2v) is 3.69. The lowest BCUT2D eigenvalue weighted by molar-refractivity contribution is -0.140. The summed E-state index contributed by atoms with van der Waals surface area (Å²) in [5.41, 5.74) is 4.88. The fraction of sp³-hybridized carbons (Fsp3) is 0.545. The minimum atomic E-state index is -1.34. The average molecular weight is 255 g/mol. The van der Waals surface area contributed by atoms with E-state index in [-0.39, 0.29) is 6.04 Å². The van der Waals surface area contributed by atoms with Crippen LogP contribution in [0.25, 0.3) is 0 Å². The van der Waals surface area contributed by atoms with Gasteiger partial charge in [-0.15, -0.1) is 12.3 Å². The van der Waals surface area contributed by atoms with Crippen LogP contribution in [0.15, 0.2) is 0 Å². The van der Waals surface area contributed by atoms with E-state index < -0.39 is 30.4 Å². The van der Waals surface area contributed by atoms with Gasteiger partial charge in [-0.2, -0.15) is 0 Å². The van der Waals surface area contributed by atoms with Crippen LogP contribution in [-0.4, -0.2) is 35.1 Å². The molecule has 0 aromatic carbocycles. The van der Waals surface area contributed by atoms with Crippen molar-refractivity contribution in [1.82, 2.24) is 10.6 Å². The van der Waals surface area contributed by atoms with E-state index in [2.05, 4.69) is 16.6 Å². The first-order chi connectivity index (χ1) is 8.40. The summed E-state index contributed by atoms with van der Waals surface area (Å²) in [7, 11) is 0. The summed E-state index contributed by atoms with van der Waals surface area (Å²) in [4.78, 5) is 32.9. The standard InChI is InChI=1S/C11H17N3O4/c1-3-5-7(4-2)13-11(18)14-8(10(16)17)6-9(12)15/h1,7-8H,4-6H2,2H3,(H2,12,15)(H,16,17)(H2,13,14,18)/t7?,8-/m0/s1. The number of aliphatic carboxylic acids is 1. The van der Waals surface area contributed by atoms with Crippen molar-refractivity contribution in [2.24, 2.45) is 5.73 Å². The van der Waals surface area contributed by atoms with E-state index in [1.807, 2.05) is 6.92 Å². The van der Waals surface area contributed by atoms with Gasteiger partial charge in [0.1, 0.15) is 6.04 Å². The Hall–Kier alpha value is -2.23. The third kappa shape index (κ3) is 6.37. The van der Waals surface area contributed by atoms with Gasteiger partial charge in [-0.05, 0) is 6.42 Å². The van der Waals surface area contributed by atoms with Crippen LogP contribution in [0.4, 0.5) is 4.79 Å². The molecule has 0 rings (SSSR count). The van der Waals surface area contributed by atoms with Gasteiger partial charge < -0.3 is 21.5 Å². The normalized spacial score (nSPS) is 12.9. The highest BCUT2D eigenvalue weighted by Gasteiger charge is 2.22. The molecule has 3 amide bonds. The first-order valence-electron chi connectivity index (χ1n) is 5.42. The van der Waals surface area contributed by atoms with E-state index in [0.29, 0.717) is 12.8 Å². The lowest BCUT2D eigenvalue weighted by atomic mass is 10.1. The molecule has 5 N–H and O–H groups in total. The Kier molecular flexibility index (Phi) is 6.96. The topological polar surface area (TPSA) is 122 Å². The van der Waals surface area contributed by atoms with Crippen molar-refractivity contribution in [2.75, 3.05) is 0 Å². The zero-order valence-corrected chi connectivity index (χ0v) is 10.1. The van der Waals surface area contributed by atoms with Gasteiger partial charge in [-0.1, -0.05) is 6.92 Å². The van der Waals surface area contributed by atoms with Crippen molar-refractivity contribution in [2.45, 2.75) is 38.3 Å². The second-order valence-electron chi connectivity index (χ2n) is 3.69. The molecule has 0 aliphatic heterocycles. The van der Waals surface area contributed by atoms with E-state index in [0.717, 1.165) is 0 Å². The van der Waals surface area contributed by atoms with Gasteiger partial charge in [0.15, 0.2) is 0 Å². The van der Waals surface area contributed by atoms with Gasteiger partial charge in [0.05, 0.1) is 6.42 Å². The summed E-state index contributed by atoms with van der Waals surface area (Å²) in [6.45, 7) is 1.83. The van der Waals surface area contributed by atoms with Gasteiger partial charge >= 0.3 is 12.0 Å². The minimum absolute atomic E-state index is 0.238. The van der Waals surface area contributed by atoms with Crippen molar-refractivity contribution in [3.63, 3.8) is 0 Å². The van der Waals surface area contributed by atoms with Crippen molar-refractivity contribution in [1.29, 1.82) is 0 Å². The number of hydrogen-bond acceptors (Lipinski definition) is 3. The minimum Gasteiger partial charge on any atom is -0.480 e. The number of urea groups is 1. The largest absolute Gasteiger partial charge is 0.480 e. The summed E-state index contributed by atoms with van der Waals surface area (Å²) in [5.74, 6) is 0.267. The molecule has 0 aliphatic rings. The Labute approximate surface area is 105 Å². The van der Waals surface area contributed by atoms with Crippen LogP contribution < -0.4 is 16.4 Å². The lowest BCUT2D eigenvalue weighted by Gasteiger charge is -2.18. The number of nitrogens with one attached hydrogen (secondary N) is 2. The quantitative estimate of drug-likeness (QED) is 0.454. The highest BCUT2D eigenvalue weighted by molar-refractivity contribution is 5.87. The second kappa shape index (κ2) is 7.95. The molecule has 0 aromatic heterocycles. The number of hydrogen-bond donors (Lipinski definition) is 4. The molecule has 100 valence electrons. The SMILES string of the molecule is C#CCC(CC)NC(=O)N[C@@H](CC(N)=O)C(=O)O. The van der Waals surface area contributed by atoms with Crippen LogP contribution in [0.5, 0.6) is 0 Å². The molecule has 0 spiro atoms. The molecular formula is C11H17N3O4. The van der Waals surface area contributed by atoms with Crippen LogP contribution in [0.3, 0.4) is 0 Å². The van der Waals surface area contributed by atoms with Crippen LogP contribution in [-0.2, 0) is 9.59 Å². The van der Waals surface area contributed by atoms with Crippen molar-refractivity contribution < 1.29 is 19.5 Å². The van der Waals surface area contributed by atoms with Crippen LogP contribution in [0.2, 0.25) is 0 Å². The van der Waals surface area contributed by atoms with Gasteiger partial charge in [0, 0.05) is 12.5 Å². The molecule has 0 saturated carbocycles. The number of primary amides is 1. The molecule has 18 heavy (non-hydrogen) atoms. The van der Waals surface area contributed by atoms with Gasteiger partial charge in [0.2, 0.25) is 5.91 Å². The Balaban J connectivity index is 4.38. The third-order valence-electron chi connectivity index (χ3n) is 2.20. The molecule has 0 radical (unpaired) electrons. The molecule has 7 heteroatoms. The summed E-state index contributed by atoms with van der Waals surface area (Å²) in [6, 6.07) is -2.27. The summed E-state index contributed by atoms with van der Waals surface area (Å²) >= 11 is 0. The number of amides is 3. The Morgan fingerprint density at radius 2 is 2.00 bits per heavy atom. The number of rotatable bonds is 7. The van der Waals surface area contributed by atoms with E-state index in [9.17, 15) is 14.4 Å². The molecule has 0 fully saturated rings. The Morgan fingerprint density at radius 3 is 2.39 bits per heavy atom. The van der Waals surface area contributed by atoms with E-state index in [1.165, 1.54) is 0 Å². The maximum Gasteiger partial charge on any atom is 0.326 e. The Bertz CT molecular complexity index is 362. The molecule has 0 saturated heterocycles. The molecular weight excluding hydrogens is 238 g/mol. The van der Waals surface area contributed by atoms with Gasteiger partial charge in [0.25, 0.3) is 0 Å². The predicted molar refractivity (Wildman–Crippen MR) is 64.4 cm³/mol. The number of nitrogens with two attached hydrogens (primary N) is 1. The third-order valence-corrected chi connectivity index (χ3v) is 2.20. The number of carboxylic acid groups (broad SMARTS) is 1. The van der Waals surface area contributed by atoms with Gasteiger partial charge in [-0.25, -0.2) is 9.59 Å². The molecule has 0 heterocycles. The van der Waals surface area contributed by atoms with Crippen LogP contribution in [0, 0.1) is 12.3 Å². The molecule has 0 aromatic rings. The fourth-order valence-corrected chi connectivity index (χ4v) is 1.23. The summed E-state index contributed by atoms with van der Waals surface area (Å²) in [6.07, 6.45) is 5.62. The fourth-order valence-electron chi connectivity index (χ4n) is 1.23. The highest BCUT2D eigenvalue weighted by atomic mass is 16.4. The number of terminal acetylenes is 1.